The second-order valence-corrected chi connectivity index (χ2v) is 6.32. The lowest BCUT2D eigenvalue weighted by atomic mass is 10.1. The molecule has 1 aromatic heterocycles. The molecule has 0 saturated carbocycles. The molecule has 0 radical (unpaired) electrons. The fourth-order valence-corrected chi connectivity index (χ4v) is 3.00. The van der Waals surface area contributed by atoms with Crippen molar-refractivity contribution >= 4 is 40.4 Å². The summed E-state index contributed by atoms with van der Waals surface area (Å²) < 4.78 is 0. The van der Waals surface area contributed by atoms with E-state index < -0.39 is 0 Å². The number of rotatable bonds is 7. The molecule has 0 bridgehead atoms. The Morgan fingerprint density at radius 2 is 2.09 bits per heavy atom. The predicted molar refractivity (Wildman–Crippen MR) is 95.3 cm³/mol. The molecular formula is C17H19ClN2O2S. The van der Waals surface area contributed by atoms with Gasteiger partial charge in [0, 0.05) is 18.7 Å². The van der Waals surface area contributed by atoms with Crippen LogP contribution >= 0.6 is 22.9 Å². The van der Waals surface area contributed by atoms with Crippen LogP contribution in [0.5, 0.6) is 0 Å². The van der Waals surface area contributed by atoms with Crippen molar-refractivity contribution < 1.29 is 9.59 Å². The third-order valence-electron chi connectivity index (χ3n) is 3.25. The quantitative estimate of drug-likeness (QED) is 0.789. The molecule has 0 unspecified atom stereocenters. The van der Waals surface area contributed by atoms with Crippen LogP contribution in [0.1, 0.15) is 35.7 Å². The van der Waals surface area contributed by atoms with Gasteiger partial charge in [-0.25, -0.2) is 0 Å². The van der Waals surface area contributed by atoms with E-state index in [0.717, 1.165) is 12.0 Å². The Labute approximate surface area is 144 Å². The lowest BCUT2D eigenvalue weighted by molar-refractivity contribution is -0.116. The van der Waals surface area contributed by atoms with E-state index in [9.17, 15) is 9.59 Å². The molecule has 2 amide bonds. The molecule has 0 aliphatic rings. The van der Waals surface area contributed by atoms with Crippen molar-refractivity contribution in [1.29, 1.82) is 0 Å². The van der Waals surface area contributed by atoms with Crippen molar-refractivity contribution in [3.8, 4) is 0 Å². The lowest BCUT2D eigenvalue weighted by Crippen LogP contribution is -2.24. The number of thiophene rings is 1. The monoisotopic (exact) mass is 350 g/mol. The Kier molecular flexibility index (Phi) is 6.62. The number of nitrogens with one attached hydrogen (secondary N) is 2. The summed E-state index contributed by atoms with van der Waals surface area (Å²) >= 11 is 7.75. The van der Waals surface area contributed by atoms with E-state index in [-0.39, 0.29) is 11.8 Å². The molecule has 1 heterocycles. The van der Waals surface area contributed by atoms with Gasteiger partial charge in [0.1, 0.15) is 0 Å². The second kappa shape index (κ2) is 8.70. The number of anilines is 1. The summed E-state index contributed by atoms with van der Waals surface area (Å²) in [5, 5.41) is 9.94. The van der Waals surface area contributed by atoms with Crippen LogP contribution in [-0.2, 0) is 11.2 Å². The summed E-state index contributed by atoms with van der Waals surface area (Å²) in [4.78, 5) is 23.9. The van der Waals surface area contributed by atoms with Crippen molar-refractivity contribution in [2.45, 2.75) is 26.2 Å². The van der Waals surface area contributed by atoms with Crippen molar-refractivity contribution in [2.24, 2.45) is 0 Å². The molecule has 122 valence electrons. The van der Waals surface area contributed by atoms with Crippen LogP contribution in [0, 0.1) is 0 Å². The van der Waals surface area contributed by atoms with E-state index in [0.29, 0.717) is 35.7 Å². The molecule has 0 fully saturated rings. The Hall–Kier alpha value is -1.85. The summed E-state index contributed by atoms with van der Waals surface area (Å²) in [6, 6.07) is 6.93. The molecule has 6 heteroatoms. The van der Waals surface area contributed by atoms with Crippen LogP contribution in [0.2, 0.25) is 5.02 Å². The summed E-state index contributed by atoms with van der Waals surface area (Å²) in [5.41, 5.74) is 2.17. The van der Waals surface area contributed by atoms with Crippen LogP contribution in [0.3, 0.4) is 0 Å². The fourth-order valence-electron chi connectivity index (χ4n) is 2.03. The zero-order valence-electron chi connectivity index (χ0n) is 12.9. The average molecular weight is 351 g/mol. The van der Waals surface area contributed by atoms with Gasteiger partial charge in [-0.3, -0.25) is 9.59 Å². The molecule has 0 aliphatic heterocycles. The zero-order valence-corrected chi connectivity index (χ0v) is 14.5. The minimum atomic E-state index is -0.202. The molecule has 2 rings (SSSR count). The lowest BCUT2D eigenvalue weighted by Gasteiger charge is -2.09. The molecule has 2 N–H and O–H groups in total. The number of hydrogen-bond acceptors (Lipinski definition) is 3. The Morgan fingerprint density at radius 1 is 1.26 bits per heavy atom. The second-order valence-electron chi connectivity index (χ2n) is 5.13. The minimum absolute atomic E-state index is 0.0737. The highest BCUT2D eigenvalue weighted by Crippen LogP contribution is 2.21. The van der Waals surface area contributed by atoms with Gasteiger partial charge in [-0.05, 0) is 53.4 Å². The van der Waals surface area contributed by atoms with E-state index in [4.69, 9.17) is 11.6 Å². The van der Waals surface area contributed by atoms with Crippen molar-refractivity contribution in [1.82, 2.24) is 5.32 Å². The van der Waals surface area contributed by atoms with E-state index in [1.165, 1.54) is 0 Å². The Balaban J connectivity index is 1.91. The normalized spacial score (nSPS) is 10.3. The number of hydrogen-bond donors (Lipinski definition) is 2. The average Bonchev–Trinajstić information content (AvgIpc) is 3.04. The van der Waals surface area contributed by atoms with Crippen molar-refractivity contribution in [2.75, 3.05) is 11.9 Å². The van der Waals surface area contributed by atoms with Gasteiger partial charge in [0.15, 0.2) is 0 Å². The molecule has 4 nitrogen and oxygen atoms in total. The SMILES string of the molecule is CCCNC(=O)c1ccc(NC(=O)CCc2ccsc2)cc1Cl. The van der Waals surface area contributed by atoms with Gasteiger partial charge >= 0.3 is 0 Å². The smallest absolute Gasteiger partial charge is 0.252 e. The molecule has 1 aromatic carbocycles. The maximum Gasteiger partial charge on any atom is 0.252 e. The highest BCUT2D eigenvalue weighted by Gasteiger charge is 2.11. The van der Waals surface area contributed by atoms with Crippen molar-refractivity contribution in [3.63, 3.8) is 0 Å². The highest BCUT2D eigenvalue weighted by molar-refractivity contribution is 7.07. The first-order valence-corrected chi connectivity index (χ1v) is 8.81. The van der Waals surface area contributed by atoms with Crippen molar-refractivity contribution in [3.05, 3.63) is 51.2 Å². The van der Waals surface area contributed by atoms with Crippen LogP contribution < -0.4 is 10.6 Å². The Bertz CT molecular complexity index is 671. The van der Waals surface area contributed by atoms with Gasteiger partial charge in [0.25, 0.3) is 5.91 Å². The van der Waals surface area contributed by atoms with Gasteiger partial charge in [-0.2, -0.15) is 11.3 Å². The summed E-state index contributed by atoms with van der Waals surface area (Å²) in [5.74, 6) is -0.275. The first-order chi connectivity index (χ1) is 11.1. The summed E-state index contributed by atoms with van der Waals surface area (Å²) in [6.45, 7) is 2.59. The third kappa shape index (κ3) is 5.37. The van der Waals surface area contributed by atoms with E-state index in [1.54, 1.807) is 29.5 Å². The number of carbonyl (C=O) groups is 2. The summed E-state index contributed by atoms with van der Waals surface area (Å²) in [7, 11) is 0. The van der Waals surface area contributed by atoms with Gasteiger partial charge in [-0.15, -0.1) is 0 Å². The molecule has 0 atom stereocenters. The standard InChI is InChI=1S/C17H19ClN2O2S/c1-2-8-19-17(22)14-5-4-13(10-15(14)18)20-16(21)6-3-12-7-9-23-11-12/h4-5,7,9-11H,2-3,6,8H2,1H3,(H,19,22)(H,20,21). The maximum atomic E-state index is 11.9. The number of carbonyl (C=O) groups excluding carboxylic acids is 2. The molecular weight excluding hydrogens is 332 g/mol. The largest absolute Gasteiger partial charge is 0.352 e. The van der Waals surface area contributed by atoms with Crippen LogP contribution in [-0.4, -0.2) is 18.4 Å². The predicted octanol–water partition coefficient (Wildman–Crippen LogP) is 4.11. The molecule has 0 aliphatic carbocycles. The van der Waals surface area contributed by atoms with Crippen LogP contribution in [0.15, 0.2) is 35.0 Å². The highest BCUT2D eigenvalue weighted by atomic mass is 35.5. The van der Waals surface area contributed by atoms with Crippen LogP contribution in [0.25, 0.3) is 0 Å². The van der Waals surface area contributed by atoms with Crippen LogP contribution in [0.4, 0.5) is 5.69 Å². The zero-order chi connectivity index (χ0) is 16.7. The molecule has 0 spiro atoms. The third-order valence-corrected chi connectivity index (χ3v) is 4.30. The van der Waals surface area contributed by atoms with E-state index in [1.807, 2.05) is 23.8 Å². The topological polar surface area (TPSA) is 58.2 Å². The molecule has 0 saturated heterocycles. The first-order valence-electron chi connectivity index (χ1n) is 7.49. The first kappa shape index (κ1) is 17.5. The number of benzene rings is 1. The van der Waals surface area contributed by atoms with Gasteiger partial charge < -0.3 is 10.6 Å². The molecule has 23 heavy (non-hydrogen) atoms. The van der Waals surface area contributed by atoms with E-state index >= 15 is 0 Å². The number of aryl methyl sites for hydroxylation is 1. The molecule has 2 aromatic rings. The number of halogens is 1. The Morgan fingerprint density at radius 3 is 2.74 bits per heavy atom. The number of amides is 2. The summed E-state index contributed by atoms with van der Waals surface area (Å²) in [6.07, 6.45) is 1.98. The minimum Gasteiger partial charge on any atom is -0.352 e. The fraction of sp³-hybridized carbons (Fsp3) is 0.294. The van der Waals surface area contributed by atoms with Gasteiger partial charge in [0.2, 0.25) is 5.91 Å². The van der Waals surface area contributed by atoms with Gasteiger partial charge in [0.05, 0.1) is 10.6 Å². The maximum absolute atomic E-state index is 11.9. The van der Waals surface area contributed by atoms with E-state index in [2.05, 4.69) is 10.6 Å². The van der Waals surface area contributed by atoms with Gasteiger partial charge in [-0.1, -0.05) is 18.5 Å².